The van der Waals surface area contributed by atoms with Gasteiger partial charge in [0, 0.05) is 19.1 Å². The molecule has 0 aromatic heterocycles. The zero-order valence-corrected chi connectivity index (χ0v) is 9.48. The number of rotatable bonds is 1. The van der Waals surface area contributed by atoms with Crippen molar-refractivity contribution in [2.45, 2.75) is 37.0 Å². The topological polar surface area (TPSA) is 46.3 Å². The Kier molecular flexibility index (Phi) is 2.75. The number of amides is 1. The number of hydrogen-bond donors (Lipinski definition) is 1. The average Bonchev–Trinajstić information content (AvgIpc) is 2.74. The normalized spacial score (nSPS) is 37.9. The van der Waals surface area contributed by atoms with Crippen LogP contribution < -0.4 is 5.73 Å². The number of likely N-dealkylation sites (tertiary alicyclic amines) is 1. The van der Waals surface area contributed by atoms with E-state index in [1.165, 1.54) is 6.42 Å². The largest absolute Gasteiger partial charge is 0.340 e. The average molecular weight is 214 g/mol. The van der Waals surface area contributed by atoms with Gasteiger partial charge in [-0.1, -0.05) is 0 Å². The van der Waals surface area contributed by atoms with Crippen LogP contribution in [0.5, 0.6) is 0 Å². The number of nitrogens with zero attached hydrogens (tertiary/aromatic N) is 1. The van der Waals surface area contributed by atoms with Crippen molar-refractivity contribution >= 4 is 17.7 Å². The van der Waals surface area contributed by atoms with Crippen molar-refractivity contribution in [2.24, 2.45) is 5.73 Å². The lowest BCUT2D eigenvalue weighted by Crippen LogP contribution is -2.43. The number of nitrogens with two attached hydrogens (primary N) is 1. The molecule has 2 atom stereocenters. The summed E-state index contributed by atoms with van der Waals surface area (Å²) in [6.45, 7) is 3.70. The first-order valence-electron chi connectivity index (χ1n) is 5.31. The summed E-state index contributed by atoms with van der Waals surface area (Å²) in [7, 11) is 0. The van der Waals surface area contributed by atoms with Gasteiger partial charge >= 0.3 is 0 Å². The van der Waals surface area contributed by atoms with Crippen LogP contribution in [-0.4, -0.2) is 40.4 Å². The first-order valence-corrected chi connectivity index (χ1v) is 6.29. The van der Waals surface area contributed by atoms with Gasteiger partial charge in [-0.2, -0.15) is 0 Å². The molecule has 2 fully saturated rings. The smallest absolute Gasteiger partial charge is 0.238 e. The van der Waals surface area contributed by atoms with E-state index in [-0.39, 0.29) is 10.8 Å². The Hall–Kier alpha value is -0.220. The van der Waals surface area contributed by atoms with E-state index in [4.69, 9.17) is 5.73 Å². The monoisotopic (exact) mass is 214 g/mol. The van der Waals surface area contributed by atoms with Crippen LogP contribution >= 0.6 is 11.8 Å². The van der Waals surface area contributed by atoms with E-state index in [2.05, 4.69) is 6.92 Å². The van der Waals surface area contributed by atoms with Gasteiger partial charge in [-0.25, -0.2) is 0 Å². The Morgan fingerprint density at radius 3 is 2.93 bits per heavy atom. The number of thioether (sulfide) groups is 1. The molecule has 3 nitrogen and oxygen atoms in total. The molecule has 0 bridgehead atoms. The Bertz CT molecular complexity index is 238. The molecule has 0 aromatic rings. The molecular weight excluding hydrogens is 196 g/mol. The summed E-state index contributed by atoms with van der Waals surface area (Å²) in [4.78, 5) is 14.1. The molecule has 0 aromatic carbocycles. The minimum absolute atomic E-state index is 0.149. The highest BCUT2D eigenvalue weighted by Gasteiger charge is 2.41. The number of carbonyl (C=O) groups excluding carboxylic acids is 1. The predicted octanol–water partition coefficient (Wildman–Crippen LogP) is 0.832. The number of hydrogen-bond acceptors (Lipinski definition) is 3. The second-order valence-electron chi connectivity index (χ2n) is 4.48. The second kappa shape index (κ2) is 3.74. The van der Waals surface area contributed by atoms with Crippen molar-refractivity contribution in [1.82, 2.24) is 4.90 Å². The summed E-state index contributed by atoms with van der Waals surface area (Å²) < 4.78 is -0.149. The molecule has 1 amide bonds. The van der Waals surface area contributed by atoms with Crippen molar-refractivity contribution < 1.29 is 4.79 Å². The summed E-state index contributed by atoms with van der Waals surface area (Å²) in [6, 6.07) is 0.203. The molecule has 0 spiro atoms. The first kappa shape index (κ1) is 10.3. The maximum Gasteiger partial charge on any atom is 0.238 e. The highest BCUT2D eigenvalue weighted by molar-refractivity contribution is 8.01. The van der Waals surface area contributed by atoms with E-state index in [1.807, 2.05) is 16.7 Å². The van der Waals surface area contributed by atoms with Gasteiger partial charge in [-0.15, -0.1) is 11.8 Å². The van der Waals surface area contributed by atoms with Crippen LogP contribution in [0.2, 0.25) is 0 Å². The van der Waals surface area contributed by atoms with Crippen LogP contribution in [0.1, 0.15) is 26.2 Å². The van der Waals surface area contributed by atoms with Crippen molar-refractivity contribution in [3.8, 4) is 0 Å². The summed E-state index contributed by atoms with van der Waals surface area (Å²) in [5, 5.41) is 0. The summed E-state index contributed by atoms with van der Waals surface area (Å²) in [5.74, 6) is 1.44. The minimum Gasteiger partial charge on any atom is -0.340 e. The summed E-state index contributed by atoms with van der Waals surface area (Å²) >= 11 is 1.81. The standard InChI is InChI=1S/C10H18N2OS/c1-10(4-2-6-14-10)9(13)12-5-3-8(11)7-12/h8H,2-7,11H2,1H3/t8-,10?/m0/s1. The zero-order valence-electron chi connectivity index (χ0n) is 8.66. The van der Waals surface area contributed by atoms with E-state index < -0.39 is 0 Å². The van der Waals surface area contributed by atoms with Gasteiger partial charge in [-0.05, 0) is 31.9 Å². The van der Waals surface area contributed by atoms with Gasteiger partial charge in [0.2, 0.25) is 5.91 Å². The highest BCUT2D eigenvalue weighted by Crippen LogP contribution is 2.39. The minimum atomic E-state index is -0.149. The van der Waals surface area contributed by atoms with Gasteiger partial charge in [0.1, 0.15) is 0 Å². The fraction of sp³-hybridized carbons (Fsp3) is 0.900. The zero-order chi connectivity index (χ0) is 10.2. The van der Waals surface area contributed by atoms with Crippen LogP contribution in [0.3, 0.4) is 0 Å². The molecule has 2 saturated heterocycles. The van der Waals surface area contributed by atoms with Crippen molar-refractivity contribution in [1.29, 1.82) is 0 Å². The van der Waals surface area contributed by atoms with E-state index >= 15 is 0 Å². The van der Waals surface area contributed by atoms with Gasteiger partial charge in [0.25, 0.3) is 0 Å². The molecular formula is C10H18N2OS. The Morgan fingerprint density at radius 1 is 1.64 bits per heavy atom. The lowest BCUT2D eigenvalue weighted by atomic mass is 10.0. The fourth-order valence-electron chi connectivity index (χ4n) is 2.25. The van der Waals surface area contributed by atoms with E-state index in [0.717, 1.165) is 31.7 Å². The van der Waals surface area contributed by atoms with Crippen LogP contribution in [0.25, 0.3) is 0 Å². The molecule has 0 aliphatic carbocycles. The fourth-order valence-corrected chi connectivity index (χ4v) is 3.53. The molecule has 14 heavy (non-hydrogen) atoms. The van der Waals surface area contributed by atoms with Gasteiger partial charge in [-0.3, -0.25) is 4.79 Å². The lowest BCUT2D eigenvalue weighted by molar-refractivity contribution is -0.132. The van der Waals surface area contributed by atoms with E-state index in [9.17, 15) is 4.79 Å². The molecule has 2 aliphatic heterocycles. The van der Waals surface area contributed by atoms with Crippen LogP contribution in [0.15, 0.2) is 0 Å². The van der Waals surface area contributed by atoms with Gasteiger partial charge in [0.15, 0.2) is 0 Å². The van der Waals surface area contributed by atoms with Gasteiger partial charge < -0.3 is 10.6 Å². The first-order chi connectivity index (χ1) is 6.62. The van der Waals surface area contributed by atoms with Crippen LogP contribution in [0, 0.1) is 0 Å². The van der Waals surface area contributed by atoms with Crippen molar-refractivity contribution in [3.05, 3.63) is 0 Å². The van der Waals surface area contributed by atoms with Crippen LogP contribution in [-0.2, 0) is 4.79 Å². The van der Waals surface area contributed by atoms with Gasteiger partial charge in [0.05, 0.1) is 4.75 Å². The highest BCUT2D eigenvalue weighted by atomic mass is 32.2. The Labute approximate surface area is 89.4 Å². The SMILES string of the molecule is CC1(C(=O)N2CC[C@H](N)C2)CCCS1. The molecule has 0 saturated carbocycles. The molecule has 2 heterocycles. The molecule has 80 valence electrons. The van der Waals surface area contributed by atoms with E-state index in [1.54, 1.807) is 0 Å². The summed E-state index contributed by atoms with van der Waals surface area (Å²) in [5.41, 5.74) is 5.80. The maximum absolute atomic E-state index is 12.2. The third-order valence-electron chi connectivity index (χ3n) is 3.18. The third-order valence-corrected chi connectivity index (χ3v) is 4.69. The second-order valence-corrected chi connectivity index (χ2v) is 6.08. The number of carbonyl (C=O) groups is 1. The summed E-state index contributed by atoms with van der Waals surface area (Å²) in [6.07, 6.45) is 3.17. The maximum atomic E-state index is 12.2. The molecule has 1 unspecified atom stereocenters. The van der Waals surface area contributed by atoms with E-state index in [0.29, 0.717) is 5.91 Å². The molecule has 2 N–H and O–H groups in total. The Morgan fingerprint density at radius 2 is 2.43 bits per heavy atom. The van der Waals surface area contributed by atoms with Crippen LogP contribution in [0.4, 0.5) is 0 Å². The molecule has 2 rings (SSSR count). The van der Waals surface area contributed by atoms with Crippen molar-refractivity contribution in [3.63, 3.8) is 0 Å². The molecule has 0 radical (unpaired) electrons. The van der Waals surface area contributed by atoms with Crippen molar-refractivity contribution in [2.75, 3.05) is 18.8 Å². The quantitative estimate of drug-likeness (QED) is 0.703. The lowest BCUT2D eigenvalue weighted by Gasteiger charge is -2.27. The molecule has 4 heteroatoms. The third kappa shape index (κ3) is 1.77. The molecule has 2 aliphatic rings. The Balaban J connectivity index is 2.00. The predicted molar refractivity (Wildman–Crippen MR) is 59.3 cm³/mol.